The number of aromatic nitrogens is 1. The van der Waals surface area contributed by atoms with E-state index < -0.39 is 5.91 Å². The predicted octanol–water partition coefficient (Wildman–Crippen LogP) is 0.507. The van der Waals surface area contributed by atoms with E-state index in [0.29, 0.717) is 0 Å². The summed E-state index contributed by atoms with van der Waals surface area (Å²) < 4.78 is 0. The molecular formula is C11H15N3O2. The van der Waals surface area contributed by atoms with Gasteiger partial charge in [0.15, 0.2) is 0 Å². The summed E-state index contributed by atoms with van der Waals surface area (Å²) in [4.78, 5) is 14.8. The lowest BCUT2D eigenvalue weighted by Gasteiger charge is -2.41. The number of amides is 1. The lowest BCUT2D eigenvalue weighted by atomic mass is 9.77. The van der Waals surface area contributed by atoms with Crippen LogP contribution >= 0.6 is 0 Å². The van der Waals surface area contributed by atoms with Crippen molar-refractivity contribution in [2.75, 3.05) is 11.9 Å². The Kier molecular flexibility index (Phi) is 2.78. The molecular weight excluding hydrogens is 206 g/mol. The Labute approximate surface area is 93.7 Å². The molecule has 1 aliphatic rings. The van der Waals surface area contributed by atoms with Crippen molar-refractivity contribution in [3.8, 4) is 0 Å². The molecule has 0 radical (unpaired) electrons. The number of pyridine rings is 1. The van der Waals surface area contributed by atoms with E-state index in [0.717, 1.165) is 24.9 Å². The molecule has 1 aromatic rings. The van der Waals surface area contributed by atoms with Gasteiger partial charge >= 0.3 is 0 Å². The Morgan fingerprint density at radius 2 is 2.38 bits per heavy atom. The summed E-state index contributed by atoms with van der Waals surface area (Å²) in [6.45, 7) is 0.0984. The first-order chi connectivity index (χ1) is 7.65. The van der Waals surface area contributed by atoms with E-state index in [-0.39, 0.29) is 17.8 Å². The molecule has 0 bridgehead atoms. The molecule has 1 amide bonds. The number of nitrogens with one attached hydrogen (secondary N) is 1. The van der Waals surface area contributed by atoms with Crippen LogP contribution in [0.15, 0.2) is 18.3 Å². The molecule has 1 saturated carbocycles. The van der Waals surface area contributed by atoms with Crippen molar-refractivity contribution in [1.82, 2.24) is 4.98 Å². The fourth-order valence-electron chi connectivity index (χ4n) is 1.88. The van der Waals surface area contributed by atoms with Crippen molar-refractivity contribution in [1.29, 1.82) is 0 Å². The Hall–Kier alpha value is -1.62. The van der Waals surface area contributed by atoms with E-state index in [9.17, 15) is 9.90 Å². The maximum atomic E-state index is 11.0. The number of rotatable bonds is 4. The van der Waals surface area contributed by atoms with Gasteiger partial charge < -0.3 is 16.2 Å². The molecule has 4 N–H and O–H groups in total. The number of hydrogen-bond donors (Lipinski definition) is 3. The molecule has 0 unspecified atom stereocenters. The first kappa shape index (κ1) is 10.9. The van der Waals surface area contributed by atoms with Gasteiger partial charge in [-0.25, -0.2) is 0 Å². The van der Waals surface area contributed by atoms with Crippen LogP contribution in [0.3, 0.4) is 0 Å². The number of nitrogens with two attached hydrogens (primary N) is 1. The number of carbonyl (C=O) groups excluding carboxylic acids is 1. The summed E-state index contributed by atoms with van der Waals surface area (Å²) in [5.41, 5.74) is 5.93. The number of aliphatic hydroxyl groups is 1. The number of primary amides is 1. The molecule has 0 aliphatic heterocycles. The van der Waals surface area contributed by atoms with E-state index in [1.54, 1.807) is 12.1 Å². The van der Waals surface area contributed by atoms with Gasteiger partial charge in [0, 0.05) is 11.9 Å². The summed E-state index contributed by atoms with van der Waals surface area (Å²) in [5.74, 6) is -0.546. The summed E-state index contributed by atoms with van der Waals surface area (Å²) >= 11 is 0. The van der Waals surface area contributed by atoms with Crippen LogP contribution in [0.1, 0.15) is 29.8 Å². The minimum Gasteiger partial charge on any atom is -0.394 e. The largest absolute Gasteiger partial charge is 0.394 e. The fraction of sp³-hybridized carbons (Fsp3) is 0.455. The van der Waals surface area contributed by atoms with E-state index in [1.165, 1.54) is 6.20 Å². The molecule has 1 aromatic heterocycles. The number of carbonyl (C=O) groups is 1. The molecule has 0 spiro atoms. The maximum absolute atomic E-state index is 11.0. The van der Waals surface area contributed by atoms with Gasteiger partial charge in [-0.1, -0.05) is 0 Å². The Morgan fingerprint density at radius 1 is 1.62 bits per heavy atom. The van der Waals surface area contributed by atoms with Crippen LogP contribution in [0.4, 0.5) is 5.69 Å². The van der Waals surface area contributed by atoms with Crippen molar-refractivity contribution in [2.45, 2.75) is 24.8 Å². The molecule has 86 valence electrons. The van der Waals surface area contributed by atoms with Gasteiger partial charge in [0.25, 0.3) is 5.91 Å². The van der Waals surface area contributed by atoms with Gasteiger partial charge in [0.1, 0.15) is 5.69 Å². The third kappa shape index (κ3) is 1.99. The third-order valence-electron chi connectivity index (χ3n) is 3.04. The summed E-state index contributed by atoms with van der Waals surface area (Å²) in [6.07, 6.45) is 4.53. The average Bonchev–Trinajstić information content (AvgIpc) is 2.24. The van der Waals surface area contributed by atoms with Gasteiger partial charge in [0.05, 0.1) is 12.1 Å². The highest BCUT2D eigenvalue weighted by molar-refractivity contribution is 5.91. The van der Waals surface area contributed by atoms with Crippen molar-refractivity contribution in [3.05, 3.63) is 24.0 Å². The van der Waals surface area contributed by atoms with Crippen molar-refractivity contribution in [2.24, 2.45) is 5.73 Å². The van der Waals surface area contributed by atoms with Gasteiger partial charge in [-0.2, -0.15) is 0 Å². The van der Waals surface area contributed by atoms with Crippen molar-refractivity contribution < 1.29 is 9.90 Å². The monoisotopic (exact) mass is 221 g/mol. The smallest absolute Gasteiger partial charge is 0.267 e. The molecule has 16 heavy (non-hydrogen) atoms. The van der Waals surface area contributed by atoms with Crippen molar-refractivity contribution >= 4 is 11.6 Å². The first-order valence-electron chi connectivity index (χ1n) is 5.30. The second-order valence-corrected chi connectivity index (χ2v) is 4.21. The van der Waals surface area contributed by atoms with Gasteiger partial charge in [-0.15, -0.1) is 0 Å². The number of aliphatic hydroxyl groups excluding tert-OH is 1. The minimum absolute atomic E-state index is 0.0984. The van der Waals surface area contributed by atoms with Crippen LogP contribution in [-0.4, -0.2) is 28.1 Å². The maximum Gasteiger partial charge on any atom is 0.267 e. The van der Waals surface area contributed by atoms with Crippen molar-refractivity contribution in [3.63, 3.8) is 0 Å². The fourth-order valence-corrected chi connectivity index (χ4v) is 1.88. The molecule has 2 rings (SSSR count). The quantitative estimate of drug-likeness (QED) is 0.691. The predicted molar refractivity (Wildman–Crippen MR) is 60.0 cm³/mol. The summed E-state index contributed by atoms with van der Waals surface area (Å²) in [6, 6.07) is 3.38. The normalized spacial score (nSPS) is 17.6. The zero-order valence-corrected chi connectivity index (χ0v) is 8.94. The number of hydrogen-bond acceptors (Lipinski definition) is 4. The van der Waals surface area contributed by atoms with E-state index in [1.807, 2.05) is 0 Å². The van der Waals surface area contributed by atoms with Crippen LogP contribution in [0.5, 0.6) is 0 Å². The lowest BCUT2D eigenvalue weighted by molar-refractivity contribution is 0.0995. The molecule has 1 aliphatic carbocycles. The highest BCUT2D eigenvalue weighted by Crippen LogP contribution is 2.34. The van der Waals surface area contributed by atoms with Crippen LogP contribution in [0, 0.1) is 0 Å². The standard InChI is InChI=1S/C11H15N3O2/c12-10(16)9-6-8(2-5-13-9)14-11(7-15)3-1-4-11/h2,5-6,15H,1,3-4,7H2,(H2,12,16)(H,13,14). The molecule has 1 fully saturated rings. The SMILES string of the molecule is NC(=O)c1cc(NC2(CO)CCC2)ccn1. The molecule has 0 saturated heterocycles. The summed E-state index contributed by atoms with van der Waals surface area (Å²) in [7, 11) is 0. The highest BCUT2D eigenvalue weighted by atomic mass is 16.3. The number of nitrogens with zero attached hydrogens (tertiary/aromatic N) is 1. The van der Waals surface area contributed by atoms with Crippen LogP contribution < -0.4 is 11.1 Å². The molecule has 5 heteroatoms. The Balaban J connectivity index is 2.15. The molecule has 0 aromatic carbocycles. The number of anilines is 1. The highest BCUT2D eigenvalue weighted by Gasteiger charge is 2.36. The Morgan fingerprint density at radius 3 is 2.88 bits per heavy atom. The Bertz CT molecular complexity index is 396. The lowest BCUT2D eigenvalue weighted by Crippen LogP contribution is -2.48. The van der Waals surface area contributed by atoms with Gasteiger partial charge in [-0.3, -0.25) is 9.78 Å². The van der Waals surface area contributed by atoms with E-state index in [4.69, 9.17) is 5.73 Å². The molecule has 1 heterocycles. The third-order valence-corrected chi connectivity index (χ3v) is 3.04. The average molecular weight is 221 g/mol. The zero-order valence-electron chi connectivity index (χ0n) is 8.94. The van der Waals surface area contributed by atoms with Gasteiger partial charge in [-0.05, 0) is 31.4 Å². The van der Waals surface area contributed by atoms with Crippen LogP contribution in [0.25, 0.3) is 0 Å². The zero-order chi connectivity index (χ0) is 11.6. The van der Waals surface area contributed by atoms with E-state index in [2.05, 4.69) is 10.3 Å². The molecule has 0 atom stereocenters. The molecule has 5 nitrogen and oxygen atoms in total. The van der Waals surface area contributed by atoms with Gasteiger partial charge in [0.2, 0.25) is 0 Å². The second-order valence-electron chi connectivity index (χ2n) is 4.21. The second kappa shape index (κ2) is 4.09. The van der Waals surface area contributed by atoms with Crippen LogP contribution in [0.2, 0.25) is 0 Å². The topological polar surface area (TPSA) is 88.2 Å². The first-order valence-corrected chi connectivity index (χ1v) is 5.30. The summed E-state index contributed by atoms with van der Waals surface area (Å²) in [5, 5.41) is 12.5. The minimum atomic E-state index is -0.546. The van der Waals surface area contributed by atoms with E-state index >= 15 is 0 Å². The van der Waals surface area contributed by atoms with Crippen LogP contribution in [-0.2, 0) is 0 Å².